The Kier molecular flexibility index (Phi) is 4.01. The first-order valence-corrected chi connectivity index (χ1v) is 4.76. The summed E-state index contributed by atoms with van der Waals surface area (Å²) in [6.45, 7) is 0.607. The Hall–Kier alpha value is -1.69. The van der Waals surface area contributed by atoms with E-state index in [1.165, 1.54) is 12.1 Å². The molecule has 0 amide bonds. The van der Waals surface area contributed by atoms with E-state index in [4.69, 9.17) is 4.74 Å². The van der Waals surface area contributed by atoms with Gasteiger partial charge in [0.15, 0.2) is 17.2 Å². The summed E-state index contributed by atoms with van der Waals surface area (Å²) in [7, 11) is 1.10. The molecule has 0 fully saturated rings. The summed E-state index contributed by atoms with van der Waals surface area (Å²) in [5, 5.41) is 9.59. The lowest BCUT2D eigenvalue weighted by atomic mass is 10.1. The number of halogens is 2. The number of rotatable bonds is 4. The predicted octanol–water partition coefficient (Wildman–Crippen LogP) is 1.27. The maximum atomic E-state index is 13.2. The molecule has 0 saturated carbocycles. The molecule has 1 aromatic carbocycles. The first kappa shape index (κ1) is 13.4. The van der Waals surface area contributed by atoms with Crippen molar-refractivity contribution in [3.8, 4) is 5.75 Å². The van der Waals surface area contributed by atoms with E-state index in [-0.39, 0.29) is 5.75 Å². The van der Waals surface area contributed by atoms with Gasteiger partial charge in [-0.2, -0.15) is 4.39 Å². The third kappa shape index (κ3) is 3.13. The van der Waals surface area contributed by atoms with Crippen LogP contribution in [0.4, 0.5) is 8.78 Å². The van der Waals surface area contributed by atoms with Crippen LogP contribution in [0.1, 0.15) is 6.92 Å². The lowest BCUT2D eigenvalue weighted by Gasteiger charge is -2.20. The van der Waals surface area contributed by atoms with Crippen LogP contribution in [0.5, 0.6) is 5.75 Å². The molecule has 1 aromatic rings. The third-order valence-corrected chi connectivity index (χ3v) is 2.05. The molecule has 0 aliphatic carbocycles. The molecule has 0 heterocycles. The highest BCUT2D eigenvalue weighted by Gasteiger charge is 2.32. The van der Waals surface area contributed by atoms with Crippen molar-refractivity contribution in [2.45, 2.75) is 12.5 Å². The van der Waals surface area contributed by atoms with Gasteiger partial charge < -0.3 is 14.6 Å². The second-order valence-corrected chi connectivity index (χ2v) is 3.61. The number of hydrogen-bond donors (Lipinski definition) is 1. The van der Waals surface area contributed by atoms with Crippen molar-refractivity contribution >= 4 is 5.97 Å². The van der Waals surface area contributed by atoms with Gasteiger partial charge in [-0.15, -0.1) is 0 Å². The van der Waals surface area contributed by atoms with Crippen molar-refractivity contribution in [3.05, 3.63) is 29.8 Å². The molecule has 94 valence electrons. The van der Waals surface area contributed by atoms with Crippen LogP contribution < -0.4 is 4.74 Å². The summed E-state index contributed by atoms with van der Waals surface area (Å²) in [5.41, 5.74) is -1.92. The molecule has 4 nitrogen and oxygen atoms in total. The summed E-state index contributed by atoms with van der Waals surface area (Å²) in [4.78, 5) is 11.1. The standard InChI is InChI=1S/C11H12F2O4/c1-11(15,10(14)16-2)6-17-8-5-3-4-7(12)9(8)13/h3-5,15H,6H2,1-2H3. The van der Waals surface area contributed by atoms with Crippen LogP contribution in [0, 0.1) is 11.6 Å². The molecule has 0 spiro atoms. The minimum atomic E-state index is -1.92. The van der Waals surface area contributed by atoms with Gasteiger partial charge in [-0.1, -0.05) is 6.07 Å². The fourth-order valence-corrected chi connectivity index (χ4v) is 1.09. The maximum absolute atomic E-state index is 13.2. The van der Waals surface area contributed by atoms with Crippen LogP contribution in [0.2, 0.25) is 0 Å². The second-order valence-electron chi connectivity index (χ2n) is 3.61. The minimum Gasteiger partial charge on any atom is -0.487 e. The Bertz CT molecular complexity index is 418. The monoisotopic (exact) mass is 246 g/mol. The Labute approximate surface area is 96.8 Å². The minimum absolute atomic E-state index is 0.380. The quantitative estimate of drug-likeness (QED) is 0.813. The first-order chi connectivity index (χ1) is 7.88. The molecule has 6 heteroatoms. The zero-order chi connectivity index (χ0) is 13.1. The lowest BCUT2D eigenvalue weighted by molar-refractivity contribution is -0.163. The van der Waals surface area contributed by atoms with Crippen molar-refractivity contribution in [1.29, 1.82) is 0 Å². The molecular formula is C11H12F2O4. The molecule has 0 aromatic heterocycles. The highest BCUT2D eigenvalue weighted by molar-refractivity contribution is 5.78. The van der Waals surface area contributed by atoms with E-state index in [1.54, 1.807) is 0 Å². The largest absolute Gasteiger partial charge is 0.487 e. The normalized spacial score (nSPS) is 13.9. The van der Waals surface area contributed by atoms with Crippen LogP contribution in [0.3, 0.4) is 0 Å². The Morgan fingerprint density at radius 3 is 2.71 bits per heavy atom. The smallest absolute Gasteiger partial charge is 0.341 e. The van der Waals surface area contributed by atoms with E-state index in [0.717, 1.165) is 20.1 Å². The molecule has 17 heavy (non-hydrogen) atoms. The zero-order valence-electron chi connectivity index (χ0n) is 9.37. The van der Waals surface area contributed by atoms with E-state index in [9.17, 15) is 18.7 Å². The van der Waals surface area contributed by atoms with Gasteiger partial charge in [0.25, 0.3) is 0 Å². The summed E-state index contributed by atoms with van der Waals surface area (Å²) < 4.78 is 35.1. The number of benzene rings is 1. The number of esters is 1. The molecule has 0 bridgehead atoms. The van der Waals surface area contributed by atoms with E-state index in [1.807, 2.05) is 0 Å². The maximum Gasteiger partial charge on any atom is 0.341 e. The van der Waals surface area contributed by atoms with Gasteiger partial charge in [0.2, 0.25) is 5.82 Å². The van der Waals surface area contributed by atoms with Gasteiger partial charge in [-0.25, -0.2) is 9.18 Å². The van der Waals surface area contributed by atoms with Crippen molar-refractivity contribution in [2.24, 2.45) is 0 Å². The average molecular weight is 246 g/mol. The Morgan fingerprint density at radius 2 is 2.12 bits per heavy atom. The number of carbonyl (C=O) groups excluding carboxylic acids is 1. The average Bonchev–Trinajstić information content (AvgIpc) is 2.30. The van der Waals surface area contributed by atoms with E-state index in [0.29, 0.717) is 0 Å². The summed E-state index contributed by atoms with van der Waals surface area (Å²) in [5.74, 6) is -3.54. The zero-order valence-corrected chi connectivity index (χ0v) is 9.37. The first-order valence-electron chi connectivity index (χ1n) is 4.76. The predicted molar refractivity (Wildman–Crippen MR) is 54.5 cm³/mol. The Morgan fingerprint density at radius 1 is 1.47 bits per heavy atom. The van der Waals surface area contributed by atoms with Crippen LogP contribution in [0.25, 0.3) is 0 Å². The van der Waals surface area contributed by atoms with Crippen molar-refractivity contribution in [3.63, 3.8) is 0 Å². The second kappa shape index (κ2) is 5.09. The highest BCUT2D eigenvalue weighted by atomic mass is 19.2. The number of methoxy groups -OCH3 is 1. The molecule has 1 atom stereocenters. The molecule has 0 aliphatic rings. The fraction of sp³-hybridized carbons (Fsp3) is 0.364. The highest BCUT2D eigenvalue weighted by Crippen LogP contribution is 2.20. The van der Waals surface area contributed by atoms with Gasteiger partial charge in [0.1, 0.15) is 6.61 Å². The van der Waals surface area contributed by atoms with Crippen LogP contribution in [0.15, 0.2) is 18.2 Å². The molecule has 1 unspecified atom stereocenters. The van der Waals surface area contributed by atoms with Gasteiger partial charge in [0.05, 0.1) is 7.11 Å². The number of aliphatic hydroxyl groups is 1. The molecule has 0 aliphatic heterocycles. The molecule has 1 rings (SSSR count). The van der Waals surface area contributed by atoms with Crippen LogP contribution in [-0.4, -0.2) is 30.4 Å². The number of ether oxygens (including phenoxy) is 2. The van der Waals surface area contributed by atoms with Gasteiger partial charge in [-0.3, -0.25) is 0 Å². The van der Waals surface area contributed by atoms with Gasteiger partial charge >= 0.3 is 5.97 Å². The fourth-order valence-electron chi connectivity index (χ4n) is 1.09. The van der Waals surface area contributed by atoms with Crippen LogP contribution >= 0.6 is 0 Å². The molecular weight excluding hydrogens is 234 g/mol. The summed E-state index contributed by atoms with van der Waals surface area (Å²) in [6.07, 6.45) is 0. The summed E-state index contributed by atoms with van der Waals surface area (Å²) in [6, 6.07) is 3.37. The number of carbonyl (C=O) groups is 1. The van der Waals surface area contributed by atoms with E-state index in [2.05, 4.69) is 4.74 Å². The topological polar surface area (TPSA) is 55.8 Å². The SMILES string of the molecule is COC(=O)C(C)(O)COc1cccc(F)c1F. The molecule has 0 saturated heterocycles. The molecule has 0 radical (unpaired) electrons. The van der Waals surface area contributed by atoms with Crippen LogP contribution in [-0.2, 0) is 9.53 Å². The van der Waals surface area contributed by atoms with Crippen molar-refractivity contribution < 1.29 is 28.2 Å². The molecule has 1 N–H and O–H groups in total. The van der Waals surface area contributed by atoms with Crippen molar-refractivity contribution in [2.75, 3.05) is 13.7 Å². The van der Waals surface area contributed by atoms with Crippen molar-refractivity contribution in [1.82, 2.24) is 0 Å². The van der Waals surface area contributed by atoms with Gasteiger partial charge in [-0.05, 0) is 19.1 Å². The number of hydrogen-bond acceptors (Lipinski definition) is 4. The third-order valence-electron chi connectivity index (χ3n) is 2.05. The Balaban J connectivity index is 2.74. The van der Waals surface area contributed by atoms with Gasteiger partial charge in [0, 0.05) is 0 Å². The lowest BCUT2D eigenvalue weighted by Crippen LogP contribution is -2.42. The van der Waals surface area contributed by atoms with E-state index >= 15 is 0 Å². The van der Waals surface area contributed by atoms with E-state index < -0.39 is 29.8 Å². The summed E-state index contributed by atoms with van der Waals surface area (Å²) >= 11 is 0.